The molecule has 0 saturated carbocycles. The standard InChI is InChI=1S/C12H15ClFNO3/c1-17-6-2-5-15-12(16)8-18-9-3-4-10(13)11(14)7-9/h3-4,7H,2,5-6,8H2,1H3,(H,15,16). The number of ether oxygens (including phenoxy) is 2. The second-order valence-electron chi connectivity index (χ2n) is 3.56. The number of methoxy groups -OCH3 is 1. The third-order valence-electron chi connectivity index (χ3n) is 2.11. The van der Waals surface area contributed by atoms with E-state index in [4.69, 9.17) is 21.1 Å². The largest absolute Gasteiger partial charge is 0.484 e. The van der Waals surface area contributed by atoms with Gasteiger partial charge in [0.2, 0.25) is 0 Å². The van der Waals surface area contributed by atoms with Gasteiger partial charge in [0.05, 0.1) is 5.02 Å². The number of amides is 1. The average molecular weight is 276 g/mol. The smallest absolute Gasteiger partial charge is 0.257 e. The van der Waals surface area contributed by atoms with Crippen molar-refractivity contribution in [1.82, 2.24) is 5.32 Å². The predicted molar refractivity (Wildman–Crippen MR) is 66.4 cm³/mol. The maximum Gasteiger partial charge on any atom is 0.257 e. The zero-order valence-electron chi connectivity index (χ0n) is 10.0. The molecule has 1 aromatic carbocycles. The molecule has 0 aliphatic carbocycles. The molecule has 1 amide bonds. The fourth-order valence-electron chi connectivity index (χ4n) is 1.21. The van der Waals surface area contributed by atoms with E-state index in [0.29, 0.717) is 13.2 Å². The second-order valence-corrected chi connectivity index (χ2v) is 3.97. The summed E-state index contributed by atoms with van der Waals surface area (Å²) in [6.45, 7) is 0.947. The number of hydrogen-bond donors (Lipinski definition) is 1. The fourth-order valence-corrected chi connectivity index (χ4v) is 1.33. The van der Waals surface area contributed by atoms with Crippen LogP contribution in [-0.2, 0) is 9.53 Å². The third-order valence-corrected chi connectivity index (χ3v) is 2.41. The highest BCUT2D eigenvalue weighted by Crippen LogP contribution is 2.20. The monoisotopic (exact) mass is 275 g/mol. The highest BCUT2D eigenvalue weighted by Gasteiger charge is 2.05. The van der Waals surface area contributed by atoms with Gasteiger partial charge in [-0.2, -0.15) is 0 Å². The fraction of sp³-hybridized carbons (Fsp3) is 0.417. The molecule has 0 fully saturated rings. The molecule has 1 N–H and O–H groups in total. The Hall–Kier alpha value is -1.33. The van der Waals surface area contributed by atoms with Gasteiger partial charge in [-0.1, -0.05) is 11.6 Å². The Kier molecular flexibility index (Phi) is 6.46. The van der Waals surface area contributed by atoms with Gasteiger partial charge in [-0.25, -0.2) is 4.39 Å². The van der Waals surface area contributed by atoms with Crippen molar-refractivity contribution < 1.29 is 18.7 Å². The van der Waals surface area contributed by atoms with Gasteiger partial charge >= 0.3 is 0 Å². The molecule has 0 atom stereocenters. The number of hydrogen-bond acceptors (Lipinski definition) is 3. The topological polar surface area (TPSA) is 47.6 Å². The number of rotatable bonds is 7. The lowest BCUT2D eigenvalue weighted by molar-refractivity contribution is -0.123. The molecule has 0 aliphatic rings. The molecule has 0 unspecified atom stereocenters. The molecule has 1 rings (SSSR count). The summed E-state index contributed by atoms with van der Waals surface area (Å²) >= 11 is 5.52. The zero-order valence-corrected chi connectivity index (χ0v) is 10.8. The lowest BCUT2D eigenvalue weighted by Gasteiger charge is -2.07. The van der Waals surface area contributed by atoms with Gasteiger partial charge in [0.1, 0.15) is 11.6 Å². The molecular weight excluding hydrogens is 261 g/mol. The molecule has 100 valence electrons. The van der Waals surface area contributed by atoms with Gasteiger partial charge < -0.3 is 14.8 Å². The van der Waals surface area contributed by atoms with Crippen molar-refractivity contribution in [1.29, 1.82) is 0 Å². The quantitative estimate of drug-likeness (QED) is 0.775. The summed E-state index contributed by atoms with van der Waals surface area (Å²) in [5.41, 5.74) is 0. The van der Waals surface area contributed by atoms with E-state index < -0.39 is 5.82 Å². The summed E-state index contributed by atoms with van der Waals surface area (Å²) in [5, 5.41) is 2.67. The molecule has 0 aliphatic heterocycles. The van der Waals surface area contributed by atoms with E-state index in [1.54, 1.807) is 7.11 Å². The Labute approximate surface area is 110 Å². The molecule has 0 saturated heterocycles. The summed E-state index contributed by atoms with van der Waals surface area (Å²) in [7, 11) is 1.60. The SMILES string of the molecule is COCCCNC(=O)COc1ccc(Cl)c(F)c1. The van der Waals surface area contributed by atoms with E-state index in [2.05, 4.69) is 5.32 Å². The van der Waals surface area contributed by atoms with Crippen LogP contribution >= 0.6 is 11.6 Å². The molecule has 18 heavy (non-hydrogen) atoms. The van der Waals surface area contributed by atoms with Crippen molar-refractivity contribution in [2.75, 3.05) is 26.9 Å². The summed E-state index contributed by atoms with van der Waals surface area (Å²) in [5.74, 6) is -0.569. The van der Waals surface area contributed by atoms with Crippen molar-refractivity contribution in [3.05, 3.63) is 29.0 Å². The summed E-state index contributed by atoms with van der Waals surface area (Å²) in [6, 6.07) is 4.02. The average Bonchev–Trinajstić information content (AvgIpc) is 2.36. The van der Waals surface area contributed by atoms with Gasteiger partial charge in [-0.15, -0.1) is 0 Å². The van der Waals surface area contributed by atoms with Crippen LogP contribution < -0.4 is 10.1 Å². The Balaban J connectivity index is 2.27. The first-order chi connectivity index (χ1) is 8.63. The van der Waals surface area contributed by atoms with Crippen molar-refractivity contribution in [3.63, 3.8) is 0 Å². The summed E-state index contributed by atoms with van der Waals surface area (Å²) in [4.78, 5) is 11.3. The predicted octanol–water partition coefficient (Wildman–Crippen LogP) is 2.01. The van der Waals surface area contributed by atoms with Crippen LogP contribution in [0.2, 0.25) is 5.02 Å². The summed E-state index contributed by atoms with van der Waals surface area (Å²) in [6.07, 6.45) is 0.734. The minimum Gasteiger partial charge on any atom is -0.484 e. The number of carbonyl (C=O) groups excluding carboxylic acids is 1. The first-order valence-electron chi connectivity index (χ1n) is 5.47. The Morgan fingerprint density at radius 1 is 1.50 bits per heavy atom. The summed E-state index contributed by atoms with van der Waals surface area (Å²) < 4.78 is 23.0. The molecule has 1 aromatic rings. The lowest BCUT2D eigenvalue weighted by Crippen LogP contribution is -2.30. The highest BCUT2D eigenvalue weighted by atomic mass is 35.5. The van der Waals surface area contributed by atoms with Crippen molar-refractivity contribution in [2.24, 2.45) is 0 Å². The molecule has 0 bridgehead atoms. The van der Waals surface area contributed by atoms with E-state index in [1.165, 1.54) is 12.1 Å². The first-order valence-corrected chi connectivity index (χ1v) is 5.84. The van der Waals surface area contributed by atoms with Crippen molar-refractivity contribution in [2.45, 2.75) is 6.42 Å². The molecule has 0 heterocycles. The van der Waals surface area contributed by atoms with Crippen molar-refractivity contribution >= 4 is 17.5 Å². The van der Waals surface area contributed by atoms with Crippen LogP contribution in [0.4, 0.5) is 4.39 Å². The second kappa shape index (κ2) is 7.89. The van der Waals surface area contributed by atoms with Crippen LogP contribution in [0.3, 0.4) is 0 Å². The highest BCUT2D eigenvalue weighted by molar-refractivity contribution is 6.30. The maximum absolute atomic E-state index is 13.1. The minimum atomic E-state index is -0.574. The molecule has 0 radical (unpaired) electrons. The van der Waals surface area contributed by atoms with Crippen LogP contribution in [0.1, 0.15) is 6.42 Å². The number of carbonyl (C=O) groups is 1. The molecule has 0 aromatic heterocycles. The van der Waals surface area contributed by atoms with Crippen LogP contribution in [-0.4, -0.2) is 32.8 Å². The normalized spacial score (nSPS) is 10.2. The molecular formula is C12H15ClFNO3. The van der Waals surface area contributed by atoms with Gasteiger partial charge in [0.25, 0.3) is 5.91 Å². The zero-order chi connectivity index (χ0) is 13.4. The van der Waals surface area contributed by atoms with Gasteiger partial charge in [0.15, 0.2) is 6.61 Å². The minimum absolute atomic E-state index is 0.0198. The Morgan fingerprint density at radius 2 is 2.28 bits per heavy atom. The van der Waals surface area contributed by atoms with Crippen LogP contribution in [0, 0.1) is 5.82 Å². The number of nitrogens with one attached hydrogen (secondary N) is 1. The van der Waals surface area contributed by atoms with E-state index in [0.717, 1.165) is 12.5 Å². The first kappa shape index (κ1) is 14.7. The van der Waals surface area contributed by atoms with Crippen LogP contribution in [0.25, 0.3) is 0 Å². The molecule has 6 heteroatoms. The van der Waals surface area contributed by atoms with E-state index >= 15 is 0 Å². The van der Waals surface area contributed by atoms with E-state index in [-0.39, 0.29) is 23.3 Å². The molecule has 0 spiro atoms. The van der Waals surface area contributed by atoms with Gasteiger partial charge in [-0.3, -0.25) is 4.79 Å². The van der Waals surface area contributed by atoms with Gasteiger partial charge in [0, 0.05) is 26.3 Å². The third kappa shape index (κ3) is 5.33. The lowest BCUT2D eigenvalue weighted by atomic mass is 10.3. The Bertz CT molecular complexity index is 401. The van der Waals surface area contributed by atoms with E-state index in [1.807, 2.05) is 0 Å². The van der Waals surface area contributed by atoms with Crippen LogP contribution in [0.5, 0.6) is 5.75 Å². The Morgan fingerprint density at radius 3 is 2.94 bits per heavy atom. The molecule has 4 nitrogen and oxygen atoms in total. The van der Waals surface area contributed by atoms with Crippen molar-refractivity contribution in [3.8, 4) is 5.75 Å². The van der Waals surface area contributed by atoms with Gasteiger partial charge in [-0.05, 0) is 18.6 Å². The maximum atomic E-state index is 13.1. The number of benzene rings is 1. The van der Waals surface area contributed by atoms with E-state index in [9.17, 15) is 9.18 Å². The number of halogens is 2. The van der Waals surface area contributed by atoms with Crippen LogP contribution in [0.15, 0.2) is 18.2 Å².